The molecule has 1 aromatic rings. The first-order valence-corrected chi connectivity index (χ1v) is 4.48. The second-order valence-corrected chi connectivity index (χ2v) is 3.75. The molecule has 2 rings (SSSR count). The minimum Gasteiger partial charge on any atom is -0.351 e. The Morgan fingerprint density at radius 3 is 2.73 bits per heavy atom. The molecule has 1 atom stereocenters. The normalized spacial score (nSPS) is 23.7. The maximum atomic E-state index is 10.9. The van der Waals surface area contributed by atoms with Gasteiger partial charge < -0.3 is 4.90 Å². The summed E-state index contributed by atoms with van der Waals surface area (Å²) < 4.78 is 2.07. The van der Waals surface area contributed by atoms with Crippen molar-refractivity contribution in [2.45, 2.75) is 5.50 Å². The second kappa shape index (κ2) is 2.22. The van der Waals surface area contributed by atoms with Gasteiger partial charge in [-0.2, -0.15) is 0 Å². The fraction of sp³-hybridized carbons (Fsp3) is 0.333. The van der Waals surface area contributed by atoms with Gasteiger partial charge in [0.1, 0.15) is 0 Å². The highest BCUT2D eigenvalue weighted by molar-refractivity contribution is 8.02. The molecule has 0 aromatic carbocycles. The number of nitrogens with zero attached hydrogens (tertiary/aromatic N) is 2. The fourth-order valence-corrected chi connectivity index (χ4v) is 2.25. The number of hydrogen-bond acceptors (Lipinski definition) is 4. The number of aromatic nitrogens is 1. The van der Waals surface area contributed by atoms with Gasteiger partial charge >= 0.3 is 0 Å². The molecule has 1 aromatic heterocycles. The van der Waals surface area contributed by atoms with Crippen molar-refractivity contribution in [3.8, 4) is 0 Å². The quantitative estimate of drug-likeness (QED) is 0.612. The van der Waals surface area contributed by atoms with Crippen molar-refractivity contribution in [1.82, 2.24) is 9.47 Å². The van der Waals surface area contributed by atoms with Gasteiger partial charge in [0.2, 0.25) is 0 Å². The maximum Gasteiger partial charge on any atom is 0.289 e. The van der Waals surface area contributed by atoms with Gasteiger partial charge in [-0.25, -0.2) is 0 Å². The van der Waals surface area contributed by atoms with Gasteiger partial charge in [0.15, 0.2) is 10.1 Å². The summed E-state index contributed by atoms with van der Waals surface area (Å²) in [5.41, 5.74) is 0.0723. The van der Waals surface area contributed by atoms with E-state index >= 15 is 0 Å². The van der Waals surface area contributed by atoms with E-state index in [9.17, 15) is 4.79 Å². The van der Waals surface area contributed by atoms with E-state index in [1.54, 1.807) is 16.3 Å². The fourth-order valence-electron chi connectivity index (χ4n) is 0.960. The molecule has 3 nitrogen and oxygen atoms in total. The largest absolute Gasteiger partial charge is 0.351 e. The summed E-state index contributed by atoms with van der Waals surface area (Å²) in [6.07, 6.45) is 1.93. The smallest absolute Gasteiger partial charge is 0.289 e. The first-order chi connectivity index (χ1) is 5.22. The second-order valence-electron chi connectivity index (χ2n) is 2.39. The van der Waals surface area contributed by atoms with Gasteiger partial charge in [0.25, 0.3) is 5.56 Å². The van der Waals surface area contributed by atoms with E-state index in [-0.39, 0.29) is 11.1 Å². The lowest BCUT2D eigenvalue weighted by atomic mass is 10.8. The Morgan fingerprint density at radius 1 is 1.73 bits per heavy atom. The summed E-state index contributed by atoms with van der Waals surface area (Å²) in [4.78, 5) is 12.8. The summed E-state index contributed by atoms with van der Waals surface area (Å²) >= 11 is 6.38. The lowest BCUT2D eigenvalue weighted by Gasteiger charge is -2.16. The van der Waals surface area contributed by atoms with Gasteiger partial charge in [0, 0.05) is 13.2 Å². The molecule has 0 saturated heterocycles. The molecule has 2 heterocycles. The predicted molar refractivity (Wildman–Crippen MR) is 47.4 cm³/mol. The summed E-state index contributed by atoms with van der Waals surface area (Å²) in [5, 5.41) is 1.96. The van der Waals surface area contributed by atoms with Crippen molar-refractivity contribution in [1.29, 1.82) is 0 Å². The van der Waals surface area contributed by atoms with Crippen LogP contribution >= 0.6 is 24.0 Å². The van der Waals surface area contributed by atoms with E-state index in [1.165, 1.54) is 0 Å². The lowest BCUT2D eigenvalue weighted by Crippen LogP contribution is -2.16. The van der Waals surface area contributed by atoms with Crippen LogP contribution in [0.5, 0.6) is 0 Å². The molecule has 0 radical (unpaired) electrons. The van der Waals surface area contributed by atoms with Gasteiger partial charge in [-0.05, 0) is 5.41 Å². The van der Waals surface area contributed by atoms with Crippen LogP contribution in [0.4, 0.5) is 0 Å². The Kier molecular flexibility index (Phi) is 1.43. The van der Waals surface area contributed by atoms with Crippen LogP contribution in [0.1, 0.15) is 5.50 Å². The first kappa shape index (κ1) is 7.12. The van der Waals surface area contributed by atoms with Crippen LogP contribution in [0.2, 0.25) is 0 Å². The number of rotatable bonds is 1. The molecule has 0 bridgehead atoms. The summed E-state index contributed by atoms with van der Waals surface area (Å²) in [7, 11) is 1.93. The Morgan fingerprint density at radius 2 is 2.36 bits per heavy atom. The van der Waals surface area contributed by atoms with E-state index in [0.29, 0.717) is 4.64 Å². The molecule has 5 heteroatoms. The topological polar surface area (TPSA) is 25.2 Å². The van der Waals surface area contributed by atoms with E-state index in [1.807, 2.05) is 23.6 Å². The molecular formula is C6H6N2OS2. The highest BCUT2D eigenvalue weighted by atomic mass is 32.2. The van der Waals surface area contributed by atoms with E-state index in [4.69, 9.17) is 12.2 Å². The van der Waals surface area contributed by atoms with Gasteiger partial charge in [-0.3, -0.25) is 9.36 Å². The van der Waals surface area contributed by atoms with E-state index in [0.717, 1.165) is 0 Å². The molecule has 0 N–H and O–H groups in total. The SMILES string of the molecule is CN1C=CSC1n1c(=O)c1=S. The van der Waals surface area contributed by atoms with Crippen LogP contribution in [0.15, 0.2) is 16.4 Å². The summed E-state index contributed by atoms with van der Waals surface area (Å²) in [6.45, 7) is 0. The van der Waals surface area contributed by atoms with Crippen molar-refractivity contribution in [2.24, 2.45) is 0 Å². The van der Waals surface area contributed by atoms with Crippen LogP contribution in [0.3, 0.4) is 0 Å². The molecule has 1 unspecified atom stereocenters. The van der Waals surface area contributed by atoms with Crippen LogP contribution < -0.4 is 5.56 Å². The Balaban J connectivity index is 2.27. The van der Waals surface area contributed by atoms with Crippen LogP contribution in [0.25, 0.3) is 0 Å². The van der Waals surface area contributed by atoms with Crippen LogP contribution in [-0.4, -0.2) is 16.5 Å². The lowest BCUT2D eigenvalue weighted by molar-refractivity contribution is 0.373. The van der Waals surface area contributed by atoms with Crippen molar-refractivity contribution >= 4 is 24.0 Å². The molecule has 58 valence electrons. The number of hydrogen-bond donors (Lipinski definition) is 0. The van der Waals surface area contributed by atoms with Crippen molar-refractivity contribution in [3.05, 3.63) is 26.6 Å². The third-order valence-corrected chi connectivity index (χ3v) is 3.07. The summed E-state index contributed by atoms with van der Waals surface area (Å²) in [6, 6.07) is 0. The average Bonchev–Trinajstić information content (AvgIpc) is 2.44. The summed E-state index contributed by atoms with van der Waals surface area (Å²) in [5.74, 6) is 0. The Bertz CT molecular complexity index is 349. The average molecular weight is 186 g/mol. The Hall–Kier alpha value is -0.550. The van der Waals surface area contributed by atoms with Crippen molar-refractivity contribution < 1.29 is 0 Å². The highest BCUT2D eigenvalue weighted by Crippen LogP contribution is 2.33. The molecule has 0 fully saturated rings. The van der Waals surface area contributed by atoms with Gasteiger partial charge in [-0.15, -0.1) is 0 Å². The molecule has 0 saturated carbocycles. The monoisotopic (exact) mass is 186 g/mol. The molecule has 1 aliphatic heterocycles. The highest BCUT2D eigenvalue weighted by Gasteiger charge is 2.26. The molecule has 11 heavy (non-hydrogen) atoms. The first-order valence-electron chi connectivity index (χ1n) is 3.13. The standard InChI is InChI=1S/C6H6N2OS2/c1-7-2-3-11-6(7)8-4(9)5(8)10/h2-3,6H,1H3. The third kappa shape index (κ3) is 0.954. The Labute approximate surface area is 73.0 Å². The van der Waals surface area contributed by atoms with Gasteiger partial charge in [-0.1, -0.05) is 24.0 Å². The number of thioether (sulfide) groups is 1. The van der Waals surface area contributed by atoms with Crippen LogP contribution in [-0.2, 0) is 0 Å². The minimum atomic E-state index is -0.00644. The zero-order valence-electron chi connectivity index (χ0n) is 5.85. The molecule has 1 aliphatic rings. The predicted octanol–water partition coefficient (Wildman–Crippen LogP) is 1.06. The molecule has 0 spiro atoms. The van der Waals surface area contributed by atoms with E-state index in [2.05, 4.69) is 0 Å². The van der Waals surface area contributed by atoms with Crippen LogP contribution in [0, 0.1) is 4.64 Å². The molecule has 0 aliphatic carbocycles. The molecular weight excluding hydrogens is 180 g/mol. The molecule has 0 amide bonds. The van der Waals surface area contributed by atoms with Crippen molar-refractivity contribution in [3.63, 3.8) is 0 Å². The van der Waals surface area contributed by atoms with Crippen molar-refractivity contribution in [2.75, 3.05) is 7.05 Å². The zero-order valence-corrected chi connectivity index (χ0v) is 7.48. The van der Waals surface area contributed by atoms with E-state index < -0.39 is 0 Å². The minimum absolute atomic E-state index is 0.00644. The maximum absolute atomic E-state index is 10.9. The zero-order chi connectivity index (χ0) is 8.01. The third-order valence-electron chi connectivity index (χ3n) is 1.64. The van der Waals surface area contributed by atoms with Gasteiger partial charge in [0.05, 0.1) is 0 Å².